The number of aryl methyl sites for hydroxylation is 1. The molecule has 3 aromatic rings. The zero-order chi connectivity index (χ0) is 13.2. The van der Waals surface area contributed by atoms with Gasteiger partial charge < -0.3 is 10.2 Å². The Kier molecular flexibility index (Phi) is 3.10. The SMILES string of the molecule is CCc1oc2ccccc2c1C(N)c1ccccc1. The molecule has 96 valence electrons. The van der Waals surface area contributed by atoms with Crippen LogP contribution in [-0.4, -0.2) is 0 Å². The number of furan rings is 1. The van der Waals surface area contributed by atoms with Gasteiger partial charge in [0.05, 0.1) is 6.04 Å². The lowest BCUT2D eigenvalue weighted by Gasteiger charge is -2.12. The van der Waals surface area contributed by atoms with Crippen molar-refractivity contribution in [3.8, 4) is 0 Å². The second-order valence-electron chi connectivity index (χ2n) is 4.68. The standard InChI is InChI=1S/C17H17NO/c1-2-14-16(13-10-6-7-11-15(13)19-14)17(18)12-8-4-3-5-9-12/h3-11,17H,2,18H2,1H3. The van der Waals surface area contributed by atoms with Crippen LogP contribution < -0.4 is 5.73 Å². The van der Waals surface area contributed by atoms with Crippen molar-refractivity contribution in [2.75, 3.05) is 0 Å². The minimum absolute atomic E-state index is 0.139. The number of hydrogen-bond donors (Lipinski definition) is 1. The maximum atomic E-state index is 6.44. The Morgan fingerprint density at radius 2 is 1.68 bits per heavy atom. The molecule has 2 nitrogen and oxygen atoms in total. The molecule has 19 heavy (non-hydrogen) atoms. The van der Waals surface area contributed by atoms with Crippen molar-refractivity contribution in [2.45, 2.75) is 19.4 Å². The maximum absolute atomic E-state index is 6.44. The van der Waals surface area contributed by atoms with Gasteiger partial charge in [0.15, 0.2) is 0 Å². The van der Waals surface area contributed by atoms with E-state index in [2.05, 4.69) is 25.1 Å². The van der Waals surface area contributed by atoms with Gasteiger partial charge in [0, 0.05) is 17.4 Å². The number of nitrogens with two attached hydrogens (primary N) is 1. The highest BCUT2D eigenvalue weighted by Gasteiger charge is 2.19. The van der Waals surface area contributed by atoms with E-state index in [-0.39, 0.29) is 6.04 Å². The van der Waals surface area contributed by atoms with Gasteiger partial charge in [-0.15, -0.1) is 0 Å². The molecule has 2 heteroatoms. The van der Waals surface area contributed by atoms with Gasteiger partial charge in [-0.05, 0) is 11.6 Å². The number of para-hydroxylation sites is 1. The van der Waals surface area contributed by atoms with Crippen LogP contribution in [0.4, 0.5) is 0 Å². The van der Waals surface area contributed by atoms with Gasteiger partial charge in [-0.2, -0.15) is 0 Å². The largest absolute Gasteiger partial charge is 0.461 e. The molecule has 1 aromatic heterocycles. The summed E-state index contributed by atoms with van der Waals surface area (Å²) in [4.78, 5) is 0. The van der Waals surface area contributed by atoms with Crippen LogP contribution in [0.5, 0.6) is 0 Å². The first-order valence-corrected chi connectivity index (χ1v) is 6.62. The highest BCUT2D eigenvalue weighted by Crippen LogP contribution is 2.33. The molecule has 3 rings (SSSR count). The van der Waals surface area contributed by atoms with E-state index in [4.69, 9.17) is 10.2 Å². The van der Waals surface area contributed by atoms with Crippen LogP contribution in [0.25, 0.3) is 11.0 Å². The number of fused-ring (bicyclic) bond motifs is 1. The summed E-state index contributed by atoms with van der Waals surface area (Å²) in [6.45, 7) is 2.10. The monoisotopic (exact) mass is 251 g/mol. The molecule has 0 aliphatic heterocycles. The molecule has 0 spiro atoms. The van der Waals surface area contributed by atoms with Crippen LogP contribution in [0.1, 0.15) is 29.9 Å². The zero-order valence-electron chi connectivity index (χ0n) is 11.0. The summed E-state index contributed by atoms with van der Waals surface area (Å²) in [5.41, 5.74) is 9.59. The van der Waals surface area contributed by atoms with Crippen molar-refractivity contribution in [3.63, 3.8) is 0 Å². The topological polar surface area (TPSA) is 39.2 Å². The van der Waals surface area contributed by atoms with Crippen molar-refractivity contribution in [1.82, 2.24) is 0 Å². The molecule has 1 heterocycles. The molecule has 0 saturated heterocycles. The molecular formula is C17H17NO. The molecule has 1 atom stereocenters. The van der Waals surface area contributed by atoms with Crippen LogP contribution in [0.3, 0.4) is 0 Å². The van der Waals surface area contributed by atoms with Crippen molar-refractivity contribution in [3.05, 3.63) is 71.5 Å². The van der Waals surface area contributed by atoms with Gasteiger partial charge >= 0.3 is 0 Å². The molecule has 0 fully saturated rings. The fourth-order valence-electron chi connectivity index (χ4n) is 2.55. The summed E-state index contributed by atoms with van der Waals surface area (Å²) in [6, 6.07) is 18.1. The molecule has 0 aliphatic rings. The second-order valence-corrected chi connectivity index (χ2v) is 4.68. The predicted octanol–water partition coefficient (Wildman–Crippen LogP) is 4.04. The molecule has 2 aromatic carbocycles. The van der Waals surface area contributed by atoms with Gasteiger partial charge in [0.1, 0.15) is 11.3 Å². The Labute approximate surface area is 112 Å². The summed E-state index contributed by atoms with van der Waals surface area (Å²) < 4.78 is 5.91. The third-order valence-corrected chi connectivity index (χ3v) is 3.50. The lowest BCUT2D eigenvalue weighted by atomic mass is 9.96. The second kappa shape index (κ2) is 4.90. The van der Waals surface area contributed by atoms with E-state index in [0.717, 1.165) is 34.3 Å². The van der Waals surface area contributed by atoms with Crippen molar-refractivity contribution in [1.29, 1.82) is 0 Å². The van der Waals surface area contributed by atoms with Crippen molar-refractivity contribution >= 4 is 11.0 Å². The van der Waals surface area contributed by atoms with E-state index in [9.17, 15) is 0 Å². The Balaban J connectivity index is 2.18. The summed E-state index contributed by atoms with van der Waals surface area (Å²) in [5, 5.41) is 1.12. The highest BCUT2D eigenvalue weighted by atomic mass is 16.3. The van der Waals surface area contributed by atoms with Gasteiger partial charge in [-0.25, -0.2) is 0 Å². The first-order chi connectivity index (χ1) is 9.31. The summed E-state index contributed by atoms with van der Waals surface area (Å²) in [7, 11) is 0. The predicted molar refractivity (Wildman–Crippen MR) is 78.1 cm³/mol. The average molecular weight is 251 g/mol. The molecule has 1 unspecified atom stereocenters. The minimum atomic E-state index is -0.139. The lowest BCUT2D eigenvalue weighted by Crippen LogP contribution is -2.12. The average Bonchev–Trinajstić information content (AvgIpc) is 2.86. The molecule has 0 aliphatic carbocycles. The van der Waals surface area contributed by atoms with Crippen LogP contribution in [-0.2, 0) is 6.42 Å². The van der Waals surface area contributed by atoms with Crippen LogP contribution in [0.2, 0.25) is 0 Å². The molecule has 0 amide bonds. The smallest absolute Gasteiger partial charge is 0.134 e. The summed E-state index contributed by atoms with van der Waals surface area (Å²) in [5.74, 6) is 0.984. The van der Waals surface area contributed by atoms with Gasteiger partial charge in [-0.1, -0.05) is 55.5 Å². The first kappa shape index (κ1) is 12.0. The van der Waals surface area contributed by atoms with E-state index >= 15 is 0 Å². The Morgan fingerprint density at radius 1 is 1.00 bits per heavy atom. The van der Waals surface area contributed by atoms with E-state index in [1.807, 2.05) is 36.4 Å². The van der Waals surface area contributed by atoms with E-state index in [1.165, 1.54) is 0 Å². The van der Waals surface area contributed by atoms with Gasteiger partial charge in [-0.3, -0.25) is 0 Å². The maximum Gasteiger partial charge on any atom is 0.134 e. The van der Waals surface area contributed by atoms with Crippen molar-refractivity contribution in [2.24, 2.45) is 5.73 Å². The molecule has 0 saturated carbocycles. The van der Waals surface area contributed by atoms with E-state index in [1.54, 1.807) is 0 Å². The van der Waals surface area contributed by atoms with Crippen molar-refractivity contribution < 1.29 is 4.42 Å². The normalized spacial score (nSPS) is 12.7. The third kappa shape index (κ3) is 2.04. The quantitative estimate of drug-likeness (QED) is 0.763. The van der Waals surface area contributed by atoms with E-state index < -0.39 is 0 Å². The molecule has 2 N–H and O–H groups in total. The lowest BCUT2D eigenvalue weighted by molar-refractivity contribution is 0.546. The number of hydrogen-bond acceptors (Lipinski definition) is 2. The van der Waals surface area contributed by atoms with E-state index in [0.29, 0.717) is 0 Å². The Morgan fingerprint density at radius 3 is 2.42 bits per heavy atom. The number of rotatable bonds is 3. The van der Waals surface area contributed by atoms with Crippen LogP contribution in [0, 0.1) is 0 Å². The summed E-state index contributed by atoms with van der Waals surface area (Å²) >= 11 is 0. The van der Waals surface area contributed by atoms with Crippen LogP contribution >= 0.6 is 0 Å². The third-order valence-electron chi connectivity index (χ3n) is 3.50. The fourth-order valence-corrected chi connectivity index (χ4v) is 2.55. The van der Waals surface area contributed by atoms with Gasteiger partial charge in [0.2, 0.25) is 0 Å². The van der Waals surface area contributed by atoms with Crippen LogP contribution in [0.15, 0.2) is 59.0 Å². The first-order valence-electron chi connectivity index (χ1n) is 6.62. The Hall–Kier alpha value is -2.06. The highest BCUT2D eigenvalue weighted by molar-refractivity contribution is 5.83. The molecule has 0 bridgehead atoms. The minimum Gasteiger partial charge on any atom is -0.461 e. The number of benzene rings is 2. The molecule has 0 radical (unpaired) electrons. The summed E-state index contributed by atoms with van der Waals surface area (Å²) in [6.07, 6.45) is 0.852. The fraction of sp³-hybridized carbons (Fsp3) is 0.176. The van der Waals surface area contributed by atoms with Gasteiger partial charge in [0.25, 0.3) is 0 Å². The molecular weight excluding hydrogens is 234 g/mol. The zero-order valence-corrected chi connectivity index (χ0v) is 11.0. The Bertz CT molecular complexity index is 685.